The lowest BCUT2D eigenvalue weighted by molar-refractivity contribution is -0.142. The highest BCUT2D eigenvalue weighted by Gasteiger charge is 2.55. The van der Waals surface area contributed by atoms with Crippen molar-refractivity contribution in [3.05, 3.63) is 114 Å². The molecule has 1 aliphatic carbocycles. The van der Waals surface area contributed by atoms with Gasteiger partial charge in [-0.3, -0.25) is 19.8 Å². The molecule has 3 aromatic rings. The number of hydrazine groups is 1. The quantitative estimate of drug-likeness (QED) is 0.468. The molecule has 6 heteroatoms. The first-order chi connectivity index (χ1) is 16.6. The van der Waals surface area contributed by atoms with E-state index < -0.39 is 29.6 Å². The Morgan fingerprint density at radius 2 is 1.29 bits per heavy atom. The van der Waals surface area contributed by atoms with Gasteiger partial charge >= 0.3 is 0 Å². The summed E-state index contributed by atoms with van der Waals surface area (Å²) >= 11 is 0. The Balaban J connectivity index is 1.50. The number of hydrogen-bond donors (Lipinski definition) is 1. The summed E-state index contributed by atoms with van der Waals surface area (Å²) in [7, 11) is 1.51. The summed E-state index contributed by atoms with van der Waals surface area (Å²) in [4.78, 5) is 40.2. The summed E-state index contributed by atoms with van der Waals surface area (Å²) in [5.41, 5.74) is 4.78. The standard InChI is InChI=1S/C28H24N2O4/c1-34-21-14-8-13-20(17-21)26(31)29-30-27(32)24-22(18-9-4-2-5-10-18)15-16-23(25(24)28(30)33)19-11-6-3-7-12-19/h2-17,22-25H,1H3,(H,29,31). The maximum Gasteiger partial charge on any atom is 0.270 e. The van der Waals surface area contributed by atoms with Crippen molar-refractivity contribution >= 4 is 17.7 Å². The zero-order valence-electron chi connectivity index (χ0n) is 18.6. The van der Waals surface area contributed by atoms with Crippen LogP contribution in [0, 0.1) is 11.8 Å². The molecule has 1 N–H and O–H groups in total. The molecule has 1 heterocycles. The minimum Gasteiger partial charge on any atom is -0.497 e. The first-order valence-corrected chi connectivity index (χ1v) is 11.2. The van der Waals surface area contributed by atoms with E-state index in [1.165, 1.54) is 7.11 Å². The van der Waals surface area contributed by atoms with Crippen molar-refractivity contribution in [2.45, 2.75) is 11.8 Å². The van der Waals surface area contributed by atoms with Crippen molar-refractivity contribution in [3.8, 4) is 5.75 Å². The fourth-order valence-corrected chi connectivity index (χ4v) is 4.97. The zero-order valence-corrected chi connectivity index (χ0v) is 18.6. The van der Waals surface area contributed by atoms with Crippen LogP contribution in [-0.4, -0.2) is 29.8 Å². The molecule has 4 unspecified atom stereocenters. The third kappa shape index (κ3) is 3.77. The van der Waals surface area contributed by atoms with Crippen LogP contribution in [-0.2, 0) is 9.59 Å². The maximum atomic E-state index is 13.6. The van der Waals surface area contributed by atoms with Crippen LogP contribution < -0.4 is 10.2 Å². The minimum absolute atomic E-state index is 0.263. The molecule has 170 valence electrons. The predicted molar refractivity (Wildman–Crippen MR) is 127 cm³/mol. The molecule has 0 saturated carbocycles. The predicted octanol–water partition coefficient (Wildman–Crippen LogP) is 4.08. The molecule has 0 bridgehead atoms. The average molecular weight is 453 g/mol. The molecule has 4 atom stereocenters. The second-order valence-corrected chi connectivity index (χ2v) is 8.49. The lowest BCUT2D eigenvalue weighted by Crippen LogP contribution is -2.46. The molecule has 0 aromatic heterocycles. The van der Waals surface area contributed by atoms with Crippen LogP contribution in [0.15, 0.2) is 97.1 Å². The van der Waals surface area contributed by atoms with E-state index in [1.54, 1.807) is 24.3 Å². The van der Waals surface area contributed by atoms with E-state index in [4.69, 9.17) is 4.74 Å². The molecule has 5 rings (SSSR count). The number of benzene rings is 3. The number of ether oxygens (including phenoxy) is 1. The summed E-state index contributed by atoms with van der Waals surface area (Å²) in [6, 6.07) is 25.9. The van der Waals surface area contributed by atoms with Gasteiger partial charge in [0.25, 0.3) is 17.7 Å². The number of rotatable bonds is 5. The highest BCUT2D eigenvalue weighted by atomic mass is 16.5. The number of imide groups is 1. The van der Waals surface area contributed by atoms with Crippen LogP contribution in [0.25, 0.3) is 0 Å². The van der Waals surface area contributed by atoms with E-state index in [9.17, 15) is 14.4 Å². The normalized spacial score (nSPS) is 23.5. The minimum atomic E-state index is -0.615. The van der Waals surface area contributed by atoms with Gasteiger partial charge in [0.1, 0.15) is 5.75 Å². The number of amides is 3. The number of nitrogens with one attached hydrogen (secondary N) is 1. The third-order valence-electron chi connectivity index (χ3n) is 6.61. The van der Waals surface area contributed by atoms with Gasteiger partial charge in [0.2, 0.25) is 0 Å². The molecule has 3 amide bonds. The van der Waals surface area contributed by atoms with Gasteiger partial charge in [0, 0.05) is 17.4 Å². The average Bonchev–Trinajstić information content (AvgIpc) is 3.14. The lowest BCUT2D eigenvalue weighted by Gasteiger charge is -2.32. The van der Waals surface area contributed by atoms with Crippen LogP contribution in [0.3, 0.4) is 0 Å². The second kappa shape index (κ2) is 8.98. The lowest BCUT2D eigenvalue weighted by atomic mass is 9.68. The van der Waals surface area contributed by atoms with Gasteiger partial charge in [-0.2, -0.15) is 5.01 Å². The molecule has 1 saturated heterocycles. The van der Waals surface area contributed by atoms with E-state index in [2.05, 4.69) is 5.43 Å². The van der Waals surface area contributed by atoms with Gasteiger partial charge in [-0.05, 0) is 29.3 Å². The Morgan fingerprint density at radius 3 is 1.79 bits per heavy atom. The van der Waals surface area contributed by atoms with Gasteiger partial charge in [-0.1, -0.05) is 78.9 Å². The van der Waals surface area contributed by atoms with Crippen molar-refractivity contribution in [1.29, 1.82) is 0 Å². The Morgan fingerprint density at radius 1 is 0.765 bits per heavy atom. The van der Waals surface area contributed by atoms with Gasteiger partial charge < -0.3 is 4.74 Å². The number of nitrogens with zero attached hydrogens (tertiary/aromatic N) is 1. The fraction of sp³-hybridized carbons (Fsp3) is 0.179. The molecule has 2 aliphatic rings. The van der Waals surface area contributed by atoms with Crippen LogP contribution in [0.1, 0.15) is 33.3 Å². The molecule has 6 nitrogen and oxygen atoms in total. The van der Waals surface area contributed by atoms with Crippen molar-refractivity contribution in [2.24, 2.45) is 11.8 Å². The number of methoxy groups -OCH3 is 1. The molecule has 3 aromatic carbocycles. The zero-order chi connectivity index (χ0) is 23.7. The van der Waals surface area contributed by atoms with Crippen LogP contribution >= 0.6 is 0 Å². The first kappa shape index (κ1) is 21.6. The van der Waals surface area contributed by atoms with E-state index in [0.717, 1.165) is 16.1 Å². The highest BCUT2D eigenvalue weighted by molar-refractivity contribution is 6.09. The van der Waals surface area contributed by atoms with E-state index >= 15 is 0 Å². The Bertz CT molecular complexity index is 1190. The smallest absolute Gasteiger partial charge is 0.270 e. The number of hydrogen-bond acceptors (Lipinski definition) is 4. The molecule has 0 spiro atoms. The van der Waals surface area contributed by atoms with Crippen LogP contribution in [0.2, 0.25) is 0 Å². The van der Waals surface area contributed by atoms with E-state index in [0.29, 0.717) is 11.3 Å². The van der Waals surface area contributed by atoms with Gasteiger partial charge in [-0.25, -0.2) is 0 Å². The molecule has 34 heavy (non-hydrogen) atoms. The summed E-state index contributed by atoms with van der Waals surface area (Å²) in [6.07, 6.45) is 4.04. The summed E-state index contributed by atoms with van der Waals surface area (Å²) in [5.74, 6) is -2.58. The SMILES string of the molecule is COc1cccc(C(=O)NN2C(=O)C3C(c4ccccc4)C=CC(c4ccccc4)C3C2=O)c1. The summed E-state index contributed by atoms with van der Waals surface area (Å²) in [6.45, 7) is 0. The monoisotopic (exact) mass is 452 g/mol. The second-order valence-electron chi connectivity index (χ2n) is 8.49. The van der Waals surface area contributed by atoms with Crippen molar-refractivity contribution in [3.63, 3.8) is 0 Å². The first-order valence-electron chi connectivity index (χ1n) is 11.2. The summed E-state index contributed by atoms with van der Waals surface area (Å²) in [5, 5.41) is 0.913. The van der Waals surface area contributed by atoms with Gasteiger partial charge in [-0.15, -0.1) is 0 Å². The third-order valence-corrected chi connectivity index (χ3v) is 6.61. The fourth-order valence-electron chi connectivity index (χ4n) is 4.97. The Kier molecular flexibility index (Phi) is 5.72. The Hall–Kier alpha value is -4.19. The van der Waals surface area contributed by atoms with Crippen LogP contribution in [0.5, 0.6) is 5.75 Å². The topological polar surface area (TPSA) is 75.7 Å². The maximum absolute atomic E-state index is 13.6. The largest absolute Gasteiger partial charge is 0.497 e. The van der Waals surface area contributed by atoms with E-state index in [-0.39, 0.29) is 11.8 Å². The van der Waals surface area contributed by atoms with E-state index in [1.807, 2.05) is 72.8 Å². The Labute approximate surface area is 197 Å². The van der Waals surface area contributed by atoms with Gasteiger partial charge in [0.05, 0.1) is 18.9 Å². The molecule has 1 fully saturated rings. The van der Waals surface area contributed by atoms with Gasteiger partial charge in [0.15, 0.2) is 0 Å². The van der Waals surface area contributed by atoms with Crippen LogP contribution in [0.4, 0.5) is 0 Å². The number of carbonyl (C=O) groups is 3. The number of allylic oxidation sites excluding steroid dienone is 2. The highest BCUT2D eigenvalue weighted by Crippen LogP contribution is 2.48. The molecule has 1 aliphatic heterocycles. The summed E-state index contributed by atoms with van der Waals surface area (Å²) < 4.78 is 5.18. The number of carbonyl (C=O) groups excluding carboxylic acids is 3. The molecule has 0 radical (unpaired) electrons. The van der Waals surface area contributed by atoms with Crippen molar-refractivity contribution in [2.75, 3.05) is 7.11 Å². The van der Waals surface area contributed by atoms with Crippen molar-refractivity contribution in [1.82, 2.24) is 10.4 Å². The number of fused-ring (bicyclic) bond motifs is 1. The van der Waals surface area contributed by atoms with Crippen molar-refractivity contribution < 1.29 is 19.1 Å². The molecular formula is C28H24N2O4. The molecular weight excluding hydrogens is 428 g/mol.